The molecule has 3 aromatic rings. The van der Waals surface area contributed by atoms with Crippen LogP contribution < -0.4 is 10.2 Å². The third kappa shape index (κ3) is 4.24. The van der Waals surface area contributed by atoms with Gasteiger partial charge in [0.2, 0.25) is 17.8 Å². The molecule has 2 amide bonds. The highest BCUT2D eigenvalue weighted by Crippen LogP contribution is 2.41. The summed E-state index contributed by atoms with van der Waals surface area (Å²) >= 11 is 0. The molecule has 0 fully saturated rings. The Labute approximate surface area is 190 Å². The molecule has 0 saturated heterocycles. The molecule has 0 saturated carbocycles. The Hall–Kier alpha value is -3.94. The fraction of sp³-hybridized carbons (Fsp3) is 0.240. The molecular formula is C25H23FN4O3. The molecule has 0 aliphatic carbocycles. The number of nitrogens with one attached hydrogen (secondary N) is 1. The van der Waals surface area contributed by atoms with Gasteiger partial charge >= 0.3 is 0 Å². The van der Waals surface area contributed by atoms with E-state index in [1.165, 1.54) is 11.8 Å². The fourth-order valence-corrected chi connectivity index (χ4v) is 3.97. The lowest BCUT2D eigenvalue weighted by molar-refractivity contribution is -0.122. The smallest absolute Gasteiger partial charge is 0.244 e. The quantitative estimate of drug-likeness (QED) is 0.479. The summed E-state index contributed by atoms with van der Waals surface area (Å²) in [5, 5.41) is 2.73. The molecule has 0 bridgehead atoms. The van der Waals surface area contributed by atoms with Crippen LogP contribution in [-0.2, 0) is 9.59 Å². The van der Waals surface area contributed by atoms with Gasteiger partial charge in [0.15, 0.2) is 5.78 Å². The second-order valence-electron chi connectivity index (χ2n) is 8.22. The molecule has 8 heteroatoms. The summed E-state index contributed by atoms with van der Waals surface area (Å²) in [5.41, 5.74) is 3.60. The molecule has 0 radical (unpaired) electrons. The maximum absolute atomic E-state index is 15.1. The maximum Gasteiger partial charge on any atom is 0.244 e. The second kappa shape index (κ2) is 8.54. The van der Waals surface area contributed by atoms with Gasteiger partial charge in [-0.1, -0.05) is 0 Å². The molecule has 4 rings (SSSR count). The van der Waals surface area contributed by atoms with E-state index in [4.69, 9.17) is 0 Å². The number of aryl methyl sites for hydroxylation is 2. The minimum Gasteiger partial charge on any atom is -0.325 e. The molecule has 168 valence electrons. The zero-order valence-electron chi connectivity index (χ0n) is 18.8. The summed E-state index contributed by atoms with van der Waals surface area (Å²) in [6.07, 6.45) is 1.63. The SMILES string of the molecule is CC(=O)c1ccc(NC(=O)CN2C(=O)[C@H](C)c3ncc(C)cc3-c3c2cc(C)nc3F)cc1. The van der Waals surface area contributed by atoms with Crippen molar-refractivity contribution in [3.05, 3.63) is 71.1 Å². The molecule has 1 N–H and O–H groups in total. The van der Waals surface area contributed by atoms with Gasteiger partial charge in [-0.05, 0) is 69.7 Å². The van der Waals surface area contributed by atoms with Crippen LogP contribution in [0.1, 0.15) is 47.1 Å². The van der Waals surface area contributed by atoms with Gasteiger partial charge in [-0.25, -0.2) is 4.98 Å². The Balaban J connectivity index is 1.72. The van der Waals surface area contributed by atoms with Gasteiger partial charge in [-0.15, -0.1) is 0 Å². The number of Topliss-reactive ketones (excluding diaryl/α,β-unsaturated/α-hetero) is 1. The van der Waals surface area contributed by atoms with Crippen molar-refractivity contribution in [2.24, 2.45) is 0 Å². The third-order valence-electron chi connectivity index (χ3n) is 5.62. The number of halogens is 1. The monoisotopic (exact) mass is 446 g/mol. The van der Waals surface area contributed by atoms with Crippen LogP contribution in [0.25, 0.3) is 11.1 Å². The van der Waals surface area contributed by atoms with Crippen molar-refractivity contribution in [2.45, 2.75) is 33.6 Å². The molecular weight excluding hydrogens is 423 g/mol. The number of carbonyl (C=O) groups is 3. The molecule has 33 heavy (non-hydrogen) atoms. The van der Waals surface area contributed by atoms with E-state index in [0.29, 0.717) is 28.2 Å². The third-order valence-corrected chi connectivity index (χ3v) is 5.62. The van der Waals surface area contributed by atoms with Crippen molar-refractivity contribution in [3.8, 4) is 11.1 Å². The molecule has 2 aromatic heterocycles. The summed E-state index contributed by atoms with van der Waals surface area (Å²) in [5.74, 6) is -2.30. The van der Waals surface area contributed by atoms with E-state index in [0.717, 1.165) is 5.56 Å². The molecule has 1 aliphatic heterocycles. The first-order chi connectivity index (χ1) is 15.7. The molecule has 1 aliphatic rings. The van der Waals surface area contributed by atoms with Crippen molar-refractivity contribution in [2.75, 3.05) is 16.8 Å². The van der Waals surface area contributed by atoms with Gasteiger partial charge in [0, 0.05) is 28.7 Å². The minimum atomic E-state index is -0.717. The van der Waals surface area contributed by atoms with Crippen molar-refractivity contribution in [1.82, 2.24) is 9.97 Å². The van der Waals surface area contributed by atoms with Crippen molar-refractivity contribution < 1.29 is 18.8 Å². The summed E-state index contributed by atoms with van der Waals surface area (Å²) in [6.45, 7) is 6.31. The summed E-state index contributed by atoms with van der Waals surface area (Å²) in [6, 6.07) is 9.85. The number of hydrogen-bond donors (Lipinski definition) is 1. The highest BCUT2D eigenvalue weighted by atomic mass is 19.1. The standard InChI is InChI=1S/C25H23FN4O3/c1-13-9-19-22-20(10-14(2)28-24(22)26)30(25(33)15(3)23(19)27-11-13)12-21(32)29-18-7-5-17(6-8-18)16(4)31/h5-11,15H,12H2,1-4H3,(H,29,32)/t15-/m1/s1. The lowest BCUT2D eigenvalue weighted by Crippen LogP contribution is -2.40. The first kappa shape index (κ1) is 22.3. The summed E-state index contributed by atoms with van der Waals surface area (Å²) in [4.78, 5) is 47.4. The molecule has 0 unspecified atom stereocenters. The normalized spacial score (nSPS) is 14.9. The lowest BCUT2D eigenvalue weighted by atomic mass is 9.97. The topological polar surface area (TPSA) is 92.3 Å². The zero-order chi connectivity index (χ0) is 23.9. The molecule has 3 heterocycles. The van der Waals surface area contributed by atoms with E-state index in [1.54, 1.807) is 56.4 Å². The second-order valence-corrected chi connectivity index (χ2v) is 8.22. The van der Waals surface area contributed by atoms with Crippen molar-refractivity contribution in [1.29, 1.82) is 0 Å². The number of hydrogen-bond acceptors (Lipinski definition) is 5. The van der Waals surface area contributed by atoms with Crippen molar-refractivity contribution in [3.63, 3.8) is 0 Å². The van der Waals surface area contributed by atoms with E-state index in [9.17, 15) is 14.4 Å². The van der Waals surface area contributed by atoms with E-state index in [2.05, 4.69) is 15.3 Å². The average molecular weight is 446 g/mol. The Kier molecular flexibility index (Phi) is 5.76. The number of pyridine rings is 2. The van der Waals surface area contributed by atoms with Crippen LogP contribution >= 0.6 is 0 Å². The fourth-order valence-electron chi connectivity index (χ4n) is 3.97. The number of aromatic nitrogens is 2. The van der Waals surface area contributed by atoms with Crippen LogP contribution in [0.15, 0.2) is 42.6 Å². The van der Waals surface area contributed by atoms with Gasteiger partial charge in [0.25, 0.3) is 0 Å². The molecule has 1 aromatic carbocycles. The Morgan fingerprint density at radius 3 is 2.52 bits per heavy atom. The van der Waals surface area contributed by atoms with Gasteiger partial charge in [-0.3, -0.25) is 19.4 Å². The minimum absolute atomic E-state index is 0.0805. The van der Waals surface area contributed by atoms with Crippen LogP contribution in [0.3, 0.4) is 0 Å². The van der Waals surface area contributed by atoms with Crippen LogP contribution in [-0.4, -0.2) is 34.1 Å². The van der Waals surface area contributed by atoms with Crippen LogP contribution in [0.2, 0.25) is 0 Å². The number of nitrogens with zero attached hydrogens (tertiary/aromatic N) is 3. The number of fused-ring (bicyclic) bond motifs is 3. The number of benzene rings is 1. The Morgan fingerprint density at radius 1 is 1.15 bits per heavy atom. The average Bonchev–Trinajstić information content (AvgIpc) is 2.83. The van der Waals surface area contributed by atoms with Crippen molar-refractivity contribution >= 4 is 29.0 Å². The van der Waals surface area contributed by atoms with E-state index < -0.39 is 17.8 Å². The zero-order valence-corrected chi connectivity index (χ0v) is 18.8. The van der Waals surface area contributed by atoms with E-state index in [1.807, 2.05) is 6.92 Å². The number of rotatable bonds is 4. The van der Waals surface area contributed by atoms with Crippen LogP contribution in [0.5, 0.6) is 0 Å². The van der Waals surface area contributed by atoms with Gasteiger partial charge in [0.1, 0.15) is 6.54 Å². The number of amides is 2. The predicted molar refractivity (Wildman–Crippen MR) is 123 cm³/mol. The van der Waals surface area contributed by atoms with Gasteiger partial charge in [-0.2, -0.15) is 4.39 Å². The summed E-state index contributed by atoms with van der Waals surface area (Å²) < 4.78 is 15.1. The Morgan fingerprint density at radius 2 is 1.85 bits per heavy atom. The van der Waals surface area contributed by atoms with E-state index >= 15 is 4.39 Å². The number of carbonyl (C=O) groups excluding carboxylic acids is 3. The predicted octanol–water partition coefficient (Wildman–Crippen LogP) is 4.19. The maximum atomic E-state index is 15.1. The molecule has 0 spiro atoms. The highest BCUT2D eigenvalue weighted by molar-refractivity contribution is 6.09. The first-order valence-electron chi connectivity index (χ1n) is 10.5. The molecule has 7 nitrogen and oxygen atoms in total. The van der Waals surface area contributed by atoms with E-state index in [-0.39, 0.29) is 29.5 Å². The molecule has 1 atom stereocenters. The Bertz CT molecular complexity index is 1290. The largest absolute Gasteiger partial charge is 0.325 e. The summed E-state index contributed by atoms with van der Waals surface area (Å²) in [7, 11) is 0. The first-order valence-corrected chi connectivity index (χ1v) is 10.5. The number of anilines is 2. The lowest BCUT2D eigenvalue weighted by Gasteiger charge is -2.24. The van der Waals surface area contributed by atoms with Gasteiger partial charge < -0.3 is 10.2 Å². The van der Waals surface area contributed by atoms with Gasteiger partial charge in [0.05, 0.1) is 22.9 Å². The highest BCUT2D eigenvalue weighted by Gasteiger charge is 2.35. The van der Waals surface area contributed by atoms with Crippen LogP contribution in [0, 0.1) is 19.8 Å². The number of ketones is 1. The van der Waals surface area contributed by atoms with Crippen LogP contribution in [0.4, 0.5) is 15.8 Å².